The smallest absolute Gasteiger partial charge is 0.332 e. The lowest BCUT2D eigenvalue weighted by atomic mass is 10.1. The third-order valence-corrected chi connectivity index (χ3v) is 6.57. The summed E-state index contributed by atoms with van der Waals surface area (Å²) < 4.78 is 2.29. The number of Topliss-reactive ketones (excluding diaryl/α,β-unsaturated/α-hetero) is 1. The van der Waals surface area contributed by atoms with Gasteiger partial charge in [0.1, 0.15) is 11.4 Å². The fourth-order valence-electron chi connectivity index (χ4n) is 4.65. The maximum absolute atomic E-state index is 13.4. The number of carbonyl (C=O) groups is 2. The number of rotatable bonds is 9. The van der Waals surface area contributed by atoms with Gasteiger partial charge in [0.05, 0.1) is 19.1 Å². The number of hydrogen-bond donors (Lipinski definition) is 2. The first-order chi connectivity index (χ1) is 17.4. The second-order valence-corrected chi connectivity index (χ2v) is 8.92. The quantitative estimate of drug-likeness (QED) is 0.441. The molecule has 0 aliphatic carbocycles. The Labute approximate surface area is 209 Å². The summed E-state index contributed by atoms with van der Waals surface area (Å²) >= 11 is 0. The number of nitrogen functional groups attached to an aromatic ring is 1. The number of amides is 1. The van der Waals surface area contributed by atoms with Crippen molar-refractivity contribution in [1.29, 1.82) is 0 Å². The van der Waals surface area contributed by atoms with Gasteiger partial charge in [-0.3, -0.25) is 28.4 Å². The van der Waals surface area contributed by atoms with Crippen molar-refractivity contribution >= 4 is 17.5 Å². The highest BCUT2D eigenvalue weighted by atomic mass is 16.2. The van der Waals surface area contributed by atoms with Gasteiger partial charge >= 0.3 is 5.69 Å². The molecule has 1 saturated heterocycles. The van der Waals surface area contributed by atoms with Crippen molar-refractivity contribution in [2.45, 2.75) is 45.4 Å². The zero-order valence-electron chi connectivity index (χ0n) is 20.4. The number of carbonyl (C=O) groups excluding carboxylic acids is 2. The first-order valence-electron chi connectivity index (χ1n) is 12.2. The van der Waals surface area contributed by atoms with Crippen LogP contribution in [0.4, 0.5) is 5.82 Å². The van der Waals surface area contributed by atoms with Crippen molar-refractivity contribution < 1.29 is 9.59 Å². The van der Waals surface area contributed by atoms with Gasteiger partial charge < -0.3 is 11.1 Å². The van der Waals surface area contributed by atoms with Gasteiger partial charge in [-0.25, -0.2) is 4.79 Å². The molecule has 0 spiro atoms. The number of ketones is 1. The standard InChI is InChI=1S/C27H31N5O4/c1-2-31-26(35)23(24(28)32(27(31)36)17-20-12-7-4-8-13-20)22(33)18-30-15-9-14-21(30)25(34)29-16-19-10-5-3-6-11-19/h3-8,10-13,21H,2,9,14-18,28H2,1H3,(H,29,34). The summed E-state index contributed by atoms with van der Waals surface area (Å²) in [5.41, 5.74) is 6.62. The van der Waals surface area contributed by atoms with Gasteiger partial charge in [0.15, 0.2) is 5.78 Å². The molecule has 36 heavy (non-hydrogen) atoms. The van der Waals surface area contributed by atoms with Crippen LogP contribution in [0.2, 0.25) is 0 Å². The summed E-state index contributed by atoms with van der Waals surface area (Å²) in [5.74, 6) is -0.797. The summed E-state index contributed by atoms with van der Waals surface area (Å²) in [6.07, 6.45) is 1.38. The largest absolute Gasteiger partial charge is 0.384 e. The van der Waals surface area contributed by atoms with Crippen molar-refractivity contribution in [3.05, 3.63) is 98.2 Å². The van der Waals surface area contributed by atoms with Crippen LogP contribution in [-0.4, -0.2) is 44.9 Å². The Morgan fingerprint density at radius 3 is 2.25 bits per heavy atom. The molecule has 1 fully saturated rings. The van der Waals surface area contributed by atoms with E-state index in [-0.39, 0.29) is 36.9 Å². The maximum atomic E-state index is 13.4. The normalized spacial score (nSPS) is 15.6. The second kappa shape index (κ2) is 11.2. The molecule has 1 atom stereocenters. The number of anilines is 1. The van der Waals surface area contributed by atoms with Crippen molar-refractivity contribution in [1.82, 2.24) is 19.4 Å². The highest BCUT2D eigenvalue weighted by Crippen LogP contribution is 2.19. The molecule has 2 aromatic carbocycles. The van der Waals surface area contributed by atoms with Gasteiger partial charge in [-0.05, 0) is 37.4 Å². The molecular formula is C27H31N5O4. The van der Waals surface area contributed by atoms with E-state index in [1.165, 1.54) is 4.57 Å². The predicted molar refractivity (Wildman–Crippen MR) is 138 cm³/mol. The average Bonchev–Trinajstić information content (AvgIpc) is 3.35. The summed E-state index contributed by atoms with van der Waals surface area (Å²) in [7, 11) is 0. The van der Waals surface area contributed by atoms with Crippen LogP contribution in [0.3, 0.4) is 0 Å². The van der Waals surface area contributed by atoms with Crippen LogP contribution in [-0.2, 0) is 24.4 Å². The predicted octanol–water partition coefficient (Wildman–Crippen LogP) is 1.62. The first-order valence-corrected chi connectivity index (χ1v) is 12.2. The lowest BCUT2D eigenvalue weighted by Gasteiger charge is -2.23. The lowest BCUT2D eigenvalue weighted by molar-refractivity contribution is -0.125. The number of nitrogens with zero attached hydrogens (tertiary/aromatic N) is 3. The van der Waals surface area contributed by atoms with E-state index in [0.29, 0.717) is 19.5 Å². The molecule has 0 bridgehead atoms. The number of hydrogen-bond acceptors (Lipinski definition) is 6. The Morgan fingerprint density at radius 1 is 0.972 bits per heavy atom. The van der Waals surface area contributed by atoms with Crippen molar-refractivity contribution in [2.24, 2.45) is 0 Å². The number of likely N-dealkylation sites (tertiary alicyclic amines) is 1. The molecule has 1 unspecified atom stereocenters. The van der Waals surface area contributed by atoms with E-state index in [1.54, 1.807) is 11.8 Å². The summed E-state index contributed by atoms with van der Waals surface area (Å²) in [6, 6.07) is 18.4. The summed E-state index contributed by atoms with van der Waals surface area (Å²) in [4.78, 5) is 54.1. The van der Waals surface area contributed by atoms with E-state index < -0.39 is 23.1 Å². The van der Waals surface area contributed by atoms with Gasteiger partial charge in [0.2, 0.25) is 5.91 Å². The van der Waals surface area contributed by atoms with E-state index in [9.17, 15) is 19.2 Å². The lowest BCUT2D eigenvalue weighted by Crippen LogP contribution is -2.47. The van der Waals surface area contributed by atoms with Gasteiger partial charge in [0, 0.05) is 13.1 Å². The molecule has 1 aliphatic heterocycles. The Morgan fingerprint density at radius 2 is 1.61 bits per heavy atom. The molecule has 0 saturated carbocycles. The fourth-order valence-corrected chi connectivity index (χ4v) is 4.65. The van der Waals surface area contributed by atoms with E-state index >= 15 is 0 Å². The molecule has 9 nitrogen and oxygen atoms in total. The summed E-state index contributed by atoms with van der Waals surface area (Å²) in [5, 5.41) is 2.94. The van der Waals surface area contributed by atoms with Crippen molar-refractivity contribution in [3.8, 4) is 0 Å². The Hall–Kier alpha value is -3.98. The van der Waals surface area contributed by atoms with Gasteiger partial charge in [0.25, 0.3) is 5.56 Å². The SMILES string of the molecule is CCn1c(=O)c(C(=O)CN2CCCC2C(=O)NCc2ccccc2)c(N)n(Cc2ccccc2)c1=O. The van der Waals surface area contributed by atoms with Crippen LogP contribution in [0, 0.1) is 0 Å². The van der Waals surface area contributed by atoms with Gasteiger partial charge in [-0.15, -0.1) is 0 Å². The maximum Gasteiger partial charge on any atom is 0.332 e. The molecule has 188 valence electrons. The van der Waals surface area contributed by atoms with Crippen LogP contribution in [0.15, 0.2) is 70.3 Å². The molecular weight excluding hydrogens is 458 g/mol. The van der Waals surface area contributed by atoms with Crippen LogP contribution >= 0.6 is 0 Å². The minimum Gasteiger partial charge on any atom is -0.384 e. The molecule has 2 heterocycles. The van der Waals surface area contributed by atoms with E-state index in [4.69, 9.17) is 5.73 Å². The summed E-state index contributed by atoms with van der Waals surface area (Å²) in [6.45, 7) is 2.75. The topological polar surface area (TPSA) is 119 Å². The number of aromatic nitrogens is 2. The zero-order chi connectivity index (χ0) is 25.7. The van der Waals surface area contributed by atoms with Crippen LogP contribution in [0.25, 0.3) is 0 Å². The van der Waals surface area contributed by atoms with E-state index in [1.807, 2.05) is 60.7 Å². The monoisotopic (exact) mass is 489 g/mol. The second-order valence-electron chi connectivity index (χ2n) is 8.92. The Bertz CT molecular complexity index is 1350. The van der Waals surface area contributed by atoms with Crippen molar-refractivity contribution in [3.63, 3.8) is 0 Å². The minimum absolute atomic E-state index is 0.112. The fraction of sp³-hybridized carbons (Fsp3) is 0.333. The number of nitrogens with one attached hydrogen (secondary N) is 1. The third-order valence-electron chi connectivity index (χ3n) is 6.57. The van der Waals surface area contributed by atoms with E-state index in [0.717, 1.165) is 22.1 Å². The third kappa shape index (κ3) is 5.31. The molecule has 9 heteroatoms. The van der Waals surface area contributed by atoms with Gasteiger partial charge in [-0.1, -0.05) is 60.7 Å². The Kier molecular flexibility index (Phi) is 7.80. The van der Waals surface area contributed by atoms with Gasteiger partial charge in [-0.2, -0.15) is 0 Å². The molecule has 1 aromatic heterocycles. The molecule has 4 rings (SSSR count). The average molecular weight is 490 g/mol. The number of nitrogens with two attached hydrogens (primary N) is 1. The van der Waals surface area contributed by atoms with Crippen LogP contribution in [0.1, 0.15) is 41.3 Å². The zero-order valence-corrected chi connectivity index (χ0v) is 20.4. The Balaban J connectivity index is 1.56. The molecule has 3 N–H and O–H groups in total. The van der Waals surface area contributed by atoms with E-state index in [2.05, 4.69) is 5.32 Å². The van der Waals surface area contributed by atoms with Crippen molar-refractivity contribution in [2.75, 3.05) is 18.8 Å². The number of benzene rings is 2. The molecule has 1 aliphatic rings. The highest BCUT2D eigenvalue weighted by molar-refractivity contribution is 6.01. The molecule has 1 amide bonds. The van der Waals surface area contributed by atoms with Crippen LogP contribution in [0.5, 0.6) is 0 Å². The minimum atomic E-state index is -0.696. The molecule has 0 radical (unpaired) electrons. The molecule has 3 aromatic rings. The highest BCUT2D eigenvalue weighted by Gasteiger charge is 2.33. The van der Waals surface area contributed by atoms with Crippen LogP contribution < -0.4 is 22.3 Å². The first kappa shape index (κ1) is 25.1.